The molecule has 1 aliphatic rings. The van der Waals surface area contributed by atoms with Crippen LogP contribution in [0.2, 0.25) is 0 Å². The molecule has 2 N–H and O–H groups in total. The Bertz CT molecular complexity index is 288. The molecular formula is C12H16IN. The maximum atomic E-state index is 6.25. The fraction of sp³-hybridized carbons (Fsp3) is 0.500. The standard InChI is InChI=1S/C12H16IN/c13-11-7-5-10(6-8-11)12(14)9-3-1-2-4-9/h5-9,12H,1-4,14H2. The first-order valence-corrected chi connectivity index (χ1v) is 6.36. The number of benzene rings is 1. The molecule has 0 aromatic heterocycles. The van der Waals surface area contributed by atoms with Gasteiger partial charge in [0.1, 0.15) is 0 Å². The number of halogens is 1. The van der Waals surface area contributed by atoms with Crippen LogP contribution in [0.1, 0.15) is 37.3 Å². The second-order valence-electron chi connectivity index (χ2n) is 4.12. The van der Waals surface area contributed by atoms with Crippen molar-refractivity contribution < 1.29 is 0 Å². The smallest absolute Gasteiger partial charge is 0.0323 e. The number of rotatable bonds is 2. The Morgan fingerprint density at radius 2 is 1.71 bits per heavy atom. The van der Waals surface area contributed by atoms with Gasteiger partial charge in [-0.3, -0.25) is 0 Å². The van der Waals surface area contributed by atoms with E-state index in [0.717, 1.165) is 5.92 Å². The van der Waals surface area contributed by atoms with Gasteiger partial charge in [-0.25, -0.2) is 0 Å². The maximum Gasteiger partial charge on any atom is 0.0323 e. The molecule has 1 atom stereocenters. The van der Waals surface area contributed by atoms with Crippen molar-refractivity contribution >= 4 is 22.6 Å². The number of hydrogen-bond donors (Lipinski definition) is 1. The molecule has 0 saturated heterocycles. The number of nitrogens with two attached hydrogens (primary N) is 1. The Labute approximate surface area is 99.2 Å². The zero-order chi connectivity index (χ0) is 9.97. The van der Waals surface area contributed by atoms with Crippen LogP contribution in [0.25, 0.3) is 0 Å². The van der Waals surface area contributed by atoms with Crippen molar-refractivity contribution in [1.82, 2.24) is 0 Å². The van der Waals surface area contributed by atoms with Gasteiger partial charge < -0.3 is 5.73 Å². The summed E-state index contributed by atoms with van der Waals surface area (Å²) in [6.07, 6.45) is 5.35. The molecule has 0 spiro atoms. The molecule has 0 amide bonds. The van der Waals surface area contributed by atoms with E-state index >= 15 is 0 Å². The SMILES string of the molecule is NC(c1ccc(I)cc1)C1CCCC1. The van der Waals surface area contributed by atoms with Crippen LogP contribution in [0, 0.1) is 9.49 Å². The quantitative estimate of drug-likeness (QED) is 0.832. The van der Waals surface area contributed by atoms with Gasteiger partial charge in [0.2, 0.25) is 0 Å². The Kier molecular flexibility index (Phi) is 3.44. The molecule has 1 aromatic carbocycles. The highest BCUT2D eigenvalue weighted by molar-refractivity contribution is 14.1. The van der Waals surface area contributed by atoms with Crippen LogP contribution < -0.4 is 5.73 Å². The molecule has 0 heterocycles. The Hall–Kier alpha value is -0.0900. The third-order valence-corrected chi connectivity index (χ3v) is 3.88. The van der Waals surface area contributed by atoms with E-state index in [4.69, 9.17) is 5.73 Å². The molecule has 0 aliphatic heterocycles. The normalized spacial score (nSPS) is 19.9. The molecule has 1 unspecified atom stereocenters. The topological polar surface area (TPSA) is 26.0 Å². The number of hydrogen-bond acceptors (Lipinski definition) is 1. The minimum absolute atomic E-state index is 0.259. The molecule has 0 radical (unpaired) electrons. The molecule has 1 aromatic rings. The van der Waals surface area contributed by atoms with E-state index in [-0.39, 0.29) is 6.04 Å². The zero-order valence-corrected chi connectivity index (χ0v) is 10.4. The Balaban J connectivity index is 2.09. The largest absolute Gasteiger partial charge is 0.324 e. The highest BCUT2D eigenvalue weighted by Crippen LogP contribution is 2.34. The summed E-state index contributed by atoms with van der Waals surface area (Å²) in [5.74, 6) is 0.718. The third kappa shape index (κ3) is 2.28. The van der Waals surface area contributed by atoms with E-state index in [2.05, 4.69) is 46.9 Å². The fourth-order valence-corrected chi connectivity index (χ4v) is 2.63. The first-order valence-electron chi connectivity index (χ1n) is 5.28. The van der Waals surface area contributed by atoms with E-state index in [1.165, 1.54) is 34.8 Å². The lowest BCUT2D eigenvalue weighted by molar-refractivity contribution is 0.445. The van der Waals surface area contributed by atoms with Crippen LogP contribution >= 0.6 is 22.6 Å². The monoisotopic (exact) mass is 301 g/mol. The molecule has 1 fully saturated rings. The molecule has 0 bridgehead atoms. The summed E-state index contributed by atoms with van der Waals surface area (Å²) < 4.78 is 1.28. The van der Waals surface area contributed by atoms with Gasteiger partial charge in [0, 0.05) is 9.61 Å². The van der Waals surface area contributed by atoms with Crippen molar-refractivity contribution in [3.8, 4) is 0 Å². The van der Waals surface area contributed by atoms with E-state index in [1.54, 1.807) is 0 Å². The van der Waals surface area contributed by atoms with Gasteiger partial charge in [0.05, 0.1) is 0 Å². The van der Waals surface area contributed by atoms with E-state index in [9.17, 15) is 0 Å². The molecule has 76 valence electrons. The van der Waals surface area contributed by atoms with Gasteiger partial charge >= 0.3 is 0 Å². The summed E-state index contributed by atoms with van der Waals surface area (Å²) in [5, 5.41) is 0. The minimum atomic E-state index is 0.259. The van der Waals surface area contributed by atoms with Crippen molar-refractivity contribution in [2.45, 2.75) is 31.7 Å². The van der Waals surface area contributed by atoms with Crippen molar-refractivity contribution in [3.05, 3.63) is 33.4 Å². The predicted octanol–water partition coefficient (Wildman–Crippen LogP) is 3.48. The van der Waals surface area contributed by atoms with Gasteiger partial charge in [-0.15, -0.1) is 0 Å². The van der Waals surface area contributed by atoms with Crippen molar-refractivity contribution in [2.24, 2.45) is 11.7 Å². The van der Waals surface area contributed by atoms with Crippen molar-refractivity contribution in [1.29, 1.82) is 0 Å². The van der Waals surface area contributed by atoms with E-state index < -0.39 is 0 Å². The summed E-state index contributed by atoms with van der Waals surface area (Å²) >= 11 is 2.33. The lowest BCUT2D eigenvalue weighted by atomic mass is 9.93. The minimum Gasteiger partial charge on any atom is -0.324 e. The molecule has 1 saturated carbocycles. The molecule has 2 rings (SSSR count). The maximum absolute atomic E-state index is 6.25. The summed E-state index contributed by atoms with van der Waals surface area (Å²) in [5.41, 5.74) is 7.55. The van der Waals surface area contributed by atoms with Crippen LogP contribution in [-0.4, -0.2) is 0 Å². The van der Waals surface area contributed by atoms with Crippen LogP contribution in [-0.2, 0) is 0 Å². The average molecular weight is 301 g/mol. The summed E-state index contributed by atoms with van der Waals surface area (Å²) in [6, 6.07) is 8.89. The van der Waals surface area contributed by atoms with Crippen molar-refractivity contribution in [2.75, 3.05) is 0 Å². The molecular weight excluding hydrogens is 285 g/mol. The second-order valence-corrected chi connectivity index (χ2v) is 5.37. The average Bonchev–Trinajstić information content (AvgIpc) is 2.71. The van der Waals surface area contributed by atoms with Crippen LogP contribution in [0.4, 0.5) is 0 Å². The first-order chi connectivity index (χ1) is 6.77. The Morgan fingerprint density at radius 3 is 2.29 bits per heavy atom. The Morgan fingerprint density at radius 1 is 1.14 bits per heavy atom. The molecule has 1 aliphatic carbocycles. The predicted molar refractivity (Wildman–Crippen MR) is 68.0 cm³/mol. The second kappa shape index (κ2) is 4.62. The molecule has 2 heteroatoms. The van der Waals surface area contributed by atoms with Gasteiger partial charge in [-0.1, -0.05) is 25.0 Å². The van der Waals surface area contributed by atoms with Crippen LogP contribution in [0.5, 0.6) is 0 Å². The highest BCUT2D eigenvalue weighted by Gasteiger charge is 2.22. The third-order valence-electron chi connectivity index (χ3n) is 3.16. The molecule has 1 nitrogen and oxygen atoms in total. The van der Waals surface area contributed by atoms with Gasteiger partial charge in [0.15, 0.2) is 0 Å². The van der Waals surface area contributed by atoms with E-state index in [1.807, 2.05) is 0 Å². The van der Waals surface area contributed by atoms with Gasteiger partial charge in [-0.05, 0) is 59.0 Å². The zero-order valence-electron chi connectivity index (χ0n) is 8.25. The summed E-state index contributed by atoms with van der Waals surface area (Å²) in [6.45, 7) is 0. The lowest BCUT2D eigenvalue weighted by Crippen LogP contribution is -2.18. The van der Waals surface area contributed by atoms with Gasteiger partial charge in [-0.2, -0.15) is 0 Å². The lowest BCUT2D eigenvalue weighted by Gasteiger charge is -2.19. The first kappa shape index (κ1) is 10.4. The van der Waals surface area contributed by atoms with Crippen LogP contribution in [0.15, 0.2) is 24.3 Å². The fourth-order valence-electron chi connectivity index (χ4n) is 2.27. The summed E-state index contributed by atoms with van der Waals surface area (Å²) in [4.78, 5) is 0. The molecule has 14 heavy (non-hydrogen) atoms. The van der Waals surface area contributed by atoms with Crippen LogP contribution in [0.3, 0.4) is 0 Å². The van der Waals surface area contributed by atoms with Gasteiger partial charge in [0.25, 0.3) is 0 Å². The highest BCUT2D eigenvalue weighted by atomic mass is 127. The van der Waals surface area contributed by atoms with E-state index in [0.29, 0.717) is 0 Å². The van der Waals surface area contributed by atoms with Crippen molar-refractivity contribution in [3.63, 3.8) is 0 Å². The summed E-state index contributed by atoms with van der Waals surface area (Å²) in [7, 11) is 0.